The van der Waals surface area contributed by atoms with Gasteiger partial charge in [-0.2, -0.15) is 0 Å². The van der Waals surface area contributed by atoms with Crippen molar-refractivity contribution in [3.63, 3.8) is 0 Å². The van der Waals surface area contributed by atoms with E-state index in [1.807, 2.05) is 0 Å². The second-order valence-corrected chi connectivity index (χ2v) is 3.33. The van der Waals surface area contributed by atoms with Crippen LogP contribution in [-0.2, 0) is 4.74 Å². The quantitative estimate of drug-likeness (QED) is 0.581. The maximum atomic E-state index is 5.48. The van der Waals surface area contributed by atoms with Crippen molar-refractivity contribution in [2.45, 2.75) is 39.5 Å². The van der Waals surface area contributed by atoms with Crippen LogP contribution in [0.1, 0.15) is 39.5 Å². The lowest BCUT2D eigenvalue weighted by Crippen LogP contribution is -1.99. The third-order valence-electron chi connectivity index (χ3n) is 2.09. The molecule has 0 amide bonds. The van der Waals surface area contributed by atoms with E-state index in [-0.39, 0.29) is 0 Å². The van der Waals surface area contributed by atoms with Crippen LogP contribution in [-0.4, -0.2) is 6.61 Å². The molecule has 0 unspecified atom stereocenters. The van der Waals surface area contributed by atoms with Gasteiger partial charge < -0.3 is 4.74 Å². The molecule has 0 bridgehead atoms. The van der Waals surface area contributed by atoms with Crippen LogP contribution in [0.4, 0.5) is 0 Å². The fourth-order valence-corrected chi connectivity index (χ4v) is 1.33. The van der Waals surface area contributed by atoms with Crippen LogP contribution in [0.5, 0.6) is 0 Å². The summed E-state index contributed by atoms with van der Waals surface area (Å²) in [5.41, 5.74) is 1.34. The van der Waals surface area contributed by atoms with Crippen LogP contribution in [0.3, 0.4) is 0 Å². The highest BCUT2D eigenvalue weighted by Gasteiger charge is 2.02. The molecule has 1 aliphatic heterocycles. The minimum atomic E-state index is 0.768. The smallest absolute Gasteiger partial charge is 0.106 e. The van der Waals surface area contributed by atoms with Gasteiger partial charge in [0.1, 0.15) is 6.61 Å². The summed E-state index contributed by atoms with van der Waals surface area (Å²) in [6, 6.07) is 0. The van der Waals surface area contributed by atoms with Crippen molar-refractivity contribution in [3.8, 4) is 0 Å². The zero-order chi connectivity index (χ0) is 8.81. The summed E-state index contributed by atoms with van der Waals surface area (Å²) in [5.74, 6) is 1.17. The molecular formula is C11H18O. The molecule has 0 saturated heterocycles. The molecule has 1 nitrogen and oxygen atoms in total. The van der Waals surface area contributed by atoms with E-state index in [4.69, 9.17) is 4.74 Å². The van der Waals surface area contributed by atoms with Crippen molar-refractivity contribution in [2.75, 3.05) is 6.61 Å². The topological polar surface area (TPSA) is 9.23 Å². The van der Waals surface area contributed by atoms with Crippen LogP contribution < -0.4 is 0 Å². The highest BCUT2D eigenvalue weighted by Crippen LogP contribution is 2.16. The molecule has 0 atom stereocenters. The van der Waals surface area contributed by atoms with Crippen molar-refractivity contribution < 1.29 is 4.74 Å². The van der Waals surface area contributed by atoms with Gasteiger partial charge in [-0.15, -0.1) is 0 Å². The number of ether oxygens (including phenoxy) is 1. The van der Waals surface area contributed by atoms with Crippen molar-refractivity contribution in [1.82, 2.24) is 0 Å². The molecule has 12 heavy (non-hydrogen) atoms. The Morgan fingerprint density at radius 1 is 1.42 bits per heavy atom. The number of unbranched alkanes of at least 4 members (excludes halogenated alkanes) is 2. The van der Waals surface area contributed by atoms with Gasteiger partial charge in [-0.3, -0.25) is 0 Å². The molecular weight excluding hydrogens is 148 g/mol. The largest absolute Gasteiger partial charge is 0.494 e. The van der Waals surface area contributed by atoms with E-state index in [9.17, 15) is 0 Å². The summed E-state index contributed by atoms with van der Waals surface area (Å²) in [7, 11) is 0. The van der Waals surface area contributed by atoms with Gasteiger partial charge in [0.25, 0.3) is 0 Å². The first-order valence-corrected chi connectivity index (χ1v) is 4.83. The molecule has 0 spiro atoms. The van der Waals surface area contributed by atoms with Crippen LogP contribution >= 0.6 is 0 Å². The Labute approximate surface area is 75.1 Å². The molecule has 0 radical (unpaired) electrons. The monoisotopic (exact) mass is 166 g/mol. The first kappa shape index (κ1) is 9.37. The zero-order valence-electron chi connectivity index (χ0n) is 8.10. The van der Waals surface area contributed by atoms with E-state index in [0.29, 0.717) is 0 Å². The lowest BCUT2D eigenvalue weighted by Gasteiger charge is -2.13. The summed E-state index contributed by atoms with van der Waals surface area (Å²) in [6.07, 6.45) is 9.22. The van der Waals surface area contributed by atoms with Crippen molar-refractivity contribution in [2.24, 2.45) is 0 Å². The third kappa shape index (κ3) is 3.12. The van der Waals surface area contributed by atoms with Crippen molar-refractivity contribution in [1.29, 1.82) is 0 Å². The number of hydrogen-bond acceptors (Lipinski definition) is 1. The van der Waals surface area contributed by atoms with Crippen molar-refractivity contribution in [3.05, 3.63) is 23.5 Å². The minimum Gasteiger partial charge on any atom is -0.494 e. The maximum absolute atomic E-state index is 5.48. The molecule has 1 heteroatoms. The summed E-state index contributed by atoms with van der Waals surface area (Å²) in [5, 5.41) is 0. The summed E-state index contributed by atoms with van der Waals surface area (Å²) in [4.78, 5) is 0. The predicted molar refractivity (Wildman–Crippen MR) is 51.9 cm³/mol. The van der Waals surface area contributed by atoms with Gasteiger partial charge in [0.2, 0.25) is 0 Å². The molecule has 0 aromatic carbocycles. The average Bonchev–Trinajstić information content (AvgIpc) is 2.05. The first-order chi connectivity index (χ1) is 5.83. The standard InChI is InChI=1S/C11H18O/c1-3-4-5-6-11-9-10(2)7-8-12-11/h7,9H,3-6,8H2,1-2H3. The highest BCUT2D eigenvalue weighted by molar-refractivity contribution is 5.21. The van der Waals surface area contributed by atoms with E-state index >= 15 is 0 Å². The SMILES string of the molecule is CCCCCC1=CC(C)=CCO1. The van der Waals surface area contributed by atoms with Gasteiger partial charge in [0.05, 0.1) is 5.76 Å². The fraction of sp³-hybridized carbons (Fsp3) is 0.636. The van der Waals surface area contributed by atoms with Gasteiger partial charge in [-0.05, 0) is 31.1 Å². The lowest BCUT2D eigenvalue weighted by molar-refractivity contribution is 0.228. The van der Waals surface area contributed by atoms with E-state index in [2.05, 4.69) is 26.0 Å². The Bertz CT molecular complexity index is 189. The molecule has 0 fully saturated rings. The molecule has 68 valence electrons. The number of hydrogen-bond donors (Lipinski definition) is 0. The third-order valence-corrected chi connectivity index (χ3v) is 2.09. The Morgan fingerprint density at radius 2 is 2.25 bits per heavy atom. The normalized spacial score (nSPS) is 16.5. The summed E-state index contributed by atoms with van der Waals surface area (Å²) >= 11 is 0. The molecule has 1 rings (SSSR count). The molecule has 0 N–H and O–H groups in total. The Kier molecular flexibility index (Phi) is 3.92. The summed E-state index contributed by atoms with van der Waals surface area (Å²) < 4.78 is 5.48. The minimum absolute atomic E-state index is 0.768. The molecule has 0 aromatic rings. The van der Waals surface area contributed by atoms with Crippen LogP contribution in [0.15, 0.2) is 23.5 Å². The fourth-order valence-electron chi connectivity index (χ4n) is 1.33. The molecule has 0 saturated carbocycles. The van der Waals surface area contributed by atoms with Crippen LogP contribution in [0.25, 0.3) is 0 Å². The van der Waals surface area contributed by atoms with Gasteiger partial charge in [-0.1, -0.05) is 19.8 Å². The average molecular weight is 166 g/mol. The second-order valence-electron chi connectivity index (χ2n) is 3.33. The van der Waals surface area contributed by atoms with E-state index in [1.165, 1.54) is 30.6 Å². The zero-order valence-corrected chi connectivity index (χ0v) is 8.10. The van der Waals surface area contributed by atoms with Crippen LogP contribution in [0, 0.1) is 0 Å². The second kappa shape index (κ2) is 5.02. The molecule has 0 aliphatic carbocycles. The van der Waals surface area contributed by atoms with Crippen molar-refractivity contribution >= 4 is 0 Å². The summed E-state index contributed by atoms with van der Waals surface area (Å²) in [6.45, 7) is 5.12. The first-order valence-electron chi connectivity index (χ1n) is 4.83. The van der Waals surface area contributed by atoms with Gasteiger partial charge in [0.15, 0.2) is 0 Å². The molecule has 0 aromatic heterocycles. The van der Waals surface area contributed by atoms with E-state index in [1.54, 1.807) is 0 Å². The van der Waals surface area contributed by atoms with Gasteiger partial charge >= 0.3 is 0 Å². The van der Waals surface area contributed by atoms with E-state index < -0.39 is 0 Å². The van der Waals surface area contributed by atoms with Gasteiger partial charge in [0, 0.05) is 6.42 Å². The maximum Gasteiger partial charge on any atom is 0.106 e. The lowest BCUT2D eigenvalue weighted by atomic mass is 10.1. The predicted octanol–water partition coefficient (Wildman–Crippen LogP) is 3.43. The van der Waals surface area contributed by atoms with Gasteiger partial charge in [-0.25, -0.2) is 0 Å². The van der Waals surface area contributed by atoms with Crippen LogP contribution in [0.2, 0.25) is 0 Å². The molecule has 1 aliphatic rings. The Balaban J connectivity index is 2.27. The molecule has 1 heterocycles. The number of rotatable bonds is 4. The Morgan fingerprint density at radius 3 is 2.92 bits per heavy atom. The van der Waals surface area contributed by atoms with E-state index in [0.717, 1.165) is 13.0 Å². The Hall–Kier alpha value is -0.720. The number of allylic oxidation sites excluding steroid dienone is 3. The highest BCUT2D eigenvalue weighted by atomic mass is 16.5.